The highest BCUT2D eigenvalue weighted by molar-refractivity contribution is 5.91. The van der Waals surface area contributed by atoms with Crippen molar-refractivity contribution in [1.82, 2.24) is 19.5 Å². The number of pyridine rings is 2. The topological polar surface area (TPSA) is 82.0 Å². The van der Waals surface area contributed by atoms with Crippen LogP contribution in [0.4, 0.5) is 0 Å². The van der Waals surface area contributed by atoms with E-state index in [1.807, 2.05) is 43.5 Å². The average Bonchev–Trinajstić information content (AvgIpc) is 3.22. The second-order valence-corrected chi connectivity index (χ2v) is 7.95. The van der Waals surface area contributed by atoms with E-state index in [2.05, 4.69) is 9.97 Å². The summed E-state index contributed by atoms with van der Waals surface area (Å²) in [5.41, 5.74) is 4.29. The highest BCUT2D eigenvalue weighted by atomic mass is 16.5. The first-order chi connectivity index (χ1) is 15.1. The molecule has 1 N–H and O–H groups in total. The van der Waals surface area contributed by atoms with Crippen molar-refractivity contribution >= 4 is 11.0 Å². The van der Waals surface area contributed by atoms with Crippen LogP contribution in [0.5, 0.6) is 11.5 Å². The molecule has 7 heteroatoms. The van der Waals surface area contributed by atoms with Crippen molar-refractivity contribution in [2.45, 2.75) is 25.7 Å². The van der Waals surface area contributed by atoms with Gasteiger partial charge in [-0.15, -0.1) is 0 Å². The monoisotopic (exact) mass is 416 g/mol. The van der Waals surface area contributed by atoms with Crippen LogP contribution in [-0.2, 0) is 11.8 Å². The van der Waals surface area contributed by atoms with Gasteiger partial charge >= 0.3 is 0 Å². The molecule has 4 heterocycles. The maximum Gasteiger partial charge on any atom is 0.250 e. The van der Waals surface area contributed by atoms with Gasteiger partial charge in [-0.2, -0.15) is 0 Å². The summed E-state index contributed by atoms with van der Waals surface area (Å²) in [7, 11) is 1.74. The zero-order valence-electron chi connectivity index (χ0n) is 17.6. The lowest BCUT2D eigenvalue weighted by molar-refractivity contribution is 0.0838. The average molecular weight is 416 g/mol. The van der Waals surface area contributed by atoms with Gasteiger partial charge in [-0.05, 0) is 44.0 Å². The van der Waals surface area contributed by atoms with Crippen molar-refractivity contribution in [3.05, 3.63) is 70.7 Å². The summed E-state index contributed by atoms with van der Waals surface area (Å²) in [5.74, 6) is 2.67. The van der Waals surface area contributed by atoms with Crippen LogP contribution in [0.3, 0.4) is 0 Å². The van der Waals surface area contributed by atoms with E-state index in [0.717, 1.165) is 59.7 Å². The van der Waals surface area contributed by atoms with Gasteiger partial charge < -0.3 is 19.0 Å². The molecule has 1 saturated heterocycles. The maximum absolute atomic E-state index is 11.9. The standard InChI is InChI=1S/C24H24N4O3/c1-15-13-18(7-10-25-15)31-23-19(17-3-6-21(29)28(2)14-17)4-5-20-22(23)27-24(26-20)16-8-11-30-12-9-16/h3-7,10,13-14,16H,8-9,11-12H2,1-2H3,(H,26,27). The van der Waals surface area contributed by atoms with E-state index < -0.39 is 0 Å². The summed E-state index contributed by atoms with van der Waals surface area (Å²) in [6, 6.07) is 11.2. The molecule has 158 valence electrons. The fraction of sp³-hybridized carbons (Fsp3) is 0.292. The minimum absolute atomic E-state index is 0.0568. The maximum atomic E-state index is 11.9. The molecule has 5 rings (SSSR count). The van der Waals surface area contributed by atoms with Crippen LogP contribution in [0, 0.1) is 6.92 Å². The summed E-state index contributed by atoms with van der Waals surface area (Å²) < 4.78 is 13.5. The Morgan fingerprint density at radius 1 is 1.16 bits per heavy atom. The number of nitrogens with one attached hydrogen (secondary N) is 1. The van der Waals surface area contributed by atoms with E-state index in [-0.39, 0.29) is 5.56 Å². The Kier molecular flexibility index (Phi) is 5.03. The molecule has 0 spiro atoms. The number of hydrogen-bond donors (Lipinski definition) is 1. The van der Waals surface area contributed by atoms with Crippen LogP contribution >= 0.6 is 0 Å². The van der Waals surface area contributed by atoms with Crippen LogP contribution in [0.25, 0.3) is 22.2 Å². The lowest BCUT2D eigenvalue weighted by atomic mass is 10.00. The molecule has 1 fully saturated rings. The number of aromatic amines is 1. The predicted molar refractivity (Wildman–Crippen MR) is 119 cm³/mol. The third-order valence-electron chi connectivity index (χ3n) is 5.72. The normalized spacial score (nSPS) is 14.8. The van der Waals surface area contributed by atoms with E-state index in [4.69, 9.17) is 14.5 Å². The van der Waals surface area contributed by atoms with Crippen molar-refractivity contribution in [3.8, 4) is 22.6 Å². The first-order valence-corrected chi connectivity index (χ1v) is 10.5. The largest absolute Gasteiger partial charge is 0.454 e. The predicted octanol–water partition coefficient (Wildman–Crippen LogP) is 4.32. The van der Waals surface area contributed by atoms with Gasteiger partial charge in [0.15, 0.2) is 5.75 Å². The van der Waals surface area contributed by atoms with Crippen molar-refractivity contribution in [2.24, 2.45) is 7.05 Å². The molecular formula is C24H24N4O3. The zero-order chi connectivity index (χ0) is 21.4. The van der Waals surface area contributed by atoms with Gasteiger partial charge in [0.05, 0.1) is 5.52 Å². The number of ether oxygens (including phenoxy) is 2. The molecular weight excluding hydrogens is 392 g/mol. The van der Waals surface area contributed by atoms with Crippen molar-refractivity contribution in [2.75, 3.05) is 13.2 Å². The van der Waals surface area contributed by atoms with Crippen LogP contribution in [-0.4, -0.2) is 32.7 Å². The molecule has 1 aliphatic heterocycles. The van der Waals surface area contributed by atoms with Crippen molar-refractivity contribution < 1.29 is 9.47 Å². The summed E-state index contributed by atoms with van der Waals surface area (Å²) in [6.45, 7) is 3.44. The van der Waals surface area contributed by atoms with E-state index in [9.17, 15) is 4.79 Å². The zero-order valence-corrected chi connectivity index (χ0v) is 17.6. The second kappa shape index (κ2) is 8.00. The Balaban J connectivity index is 1.67. The molecule has 4 aromatic rings. The van der Waals surface area contributed by atoms with Gasteiger partial charge in [0.1, 0.15) is 17.1 Å². The smallest absolute Gasteiger partial charge is 0.250 e. The second-order valence-electron chi connectivity index (χ2n) is 7.95. The quantitative estimate of drug-likeness (QED) is 0.536. The van der Waals surface area contributed by atoms with E-state index >= 15 is 0 Å². The third kappa shape index (κ3) is 3.84. The van der Waals surface area contributed by atoms with Gasteiger partial charge in [-0.3, -0.25) is 9.78 Å². The Bertz CT molecular complexity index is 1300. The van der Waals surface area contributed by atoms with E-state index in [1.54, 1.807) is 23.9 Å². The fourth-order valence-electron chi connectivity index (χ4n) is 4.02. The molecule has 3 aromatic heterocycles. The molecule has 0 unspecified atom stereocenters. The number of nitrogens with zero attached hydrogens (tertiary/aromatic N) is 3. The molecule has 31 heavy (non-hydrogen) atoms. The summed E-state index contributed by atoms with van der Waals surface area (Å²) in [6.07, 6.45) is 5.45. The Labute approximate surface area is 179 Å². The Morgan fingerprint density at radius 3 is 2.77 bits per heavy atom. The Hall–Kier alpha value is -3.45. The van der Waals surface area contributed by atoms with Gasteiger partial charge in [-0.25, -0.2) is 4.98 Å². The number of aryl methyl sites for hydroxylation is 2. The molecule has 7 nitrogen and oxygen atoms in total. The van der Waals surface area contributed by atoms with Crippen molar-refractivity contribution in [3.63, 3.8) is 0 Å². The molecule has 0 radical (unpaired) electrons. The summed E-state index contributed by atoms with van der Waals surface area (Å²) in [5, 5.41) is 0. The van der Waals surface area contributed by atoms with Crippen LogP contribution in [0.2, 0.25) is 0 Å². The van der Waals surface area contributed by atoms with Gasteiger partial charge in [0, 0.05) is 67.5 Å². The number of imidazole rings is 1. The highest BCUT2D eigenvalue weighted by Gasteiger charge is 2.22. The molecule has 0 amide bonds. The number of H-pyrrole nitrogens is 1. The molecule has 1 aromatic carbocycles. The minimum Gasteiger partial charge on any atom is -0.454 e. The third-order valence-corrected chi connectivity index (χ3v) is 5.72. The minimum atomic E-state index is -0.0568. The summed E-state index contributed by atoms with van der Waals surface area (Å²) in [4.78, 5) is 24.6. The highest BCUT2D eigenvalue weighted by Crippen LogP contribution is 2.39. The van der Waals surface area contributed by atoms with Crippen LogP contribution in [0.1, 0.15) is 30.3 Å². The van der Waals surface area contributed by atoms with E-state index in [0.29, 0.717) is 17.4 Å². The molecule has 1 aliphatic rings. The first-order valence-electron chi connectivity index (χ1n) is 10.5. The molecule has 0 bridgehead atoms. The van der Waals surface area contributed by atoms with Gasteiger partial charge in [0.25, 0.3) is 0 Å². The van der Waals surface area contributed by atoms with Crippen LogP contribution < -0.4 is 10.3 Å². The molecule has 0 saturated carbocycles. The fourth-order valence-corrected chi connectivity index (χ4v) is 4.02. The van der Waals surface area contributed by atoms with Crippen molar-refractivity contribution in [1.29, 1.82) is 0 Å². The number of hydrogen-bond acceptors (Lipinski definition) is 5. The molecule has 0 aliphatic carbocycles. The SMILES string of the molecule is Cc1cc(Oc2c(-c3ccc(=O)n(C)c3)ccc3[nH]c(C4CCOCC4)nc23)ccn1. The first kappa shape index (κ1) is 19.5. The number of aromatic nitrogens is 4. The van der Waals surface area contributed by atoms with E-state index in [1.165, 1.54) is 0 Å². The number of rotatable bonds is 4. The molecule has 0 atom stereocenters. The number of benzene rings is 1. The lowest BCUT2D eigenvalue weighted by Gasteiger charge is -2.19. The summed E-state index contributed by atoms with van der Waals surface area (Å²) >= 11 is 0. The van der Waals surface area contributed by atoms with Gasteiger partial charge in [-0.1, -0.05) is 0 Å². The van der Waals surface area contributed by atoms with Gasteiger partial charge in [0.2, 0.25) is 5.56 Å². The lowest BCUT2D eigenvalue weighted by Crippen LogP contribution is -2.15. The Morgan fingerprint density at radius 2 is 2.00 bits per heavy atom. The van der Waals surface area contributed by atoms with Crippen LogP contribution in [0.15, 0.2) is 53.6 Å². The number of fused-ring (bicyclic) bond motifs is 1.